The molecule has 0 bridgehead atoms. The summed E-state index contributed by atoms with van der Waals surface area (Å²) in [6, 6.07) is 7.52. The first kappa shape index (κ1) is 16.0. The molecular weight excluding hydrogens is 306 g/mol. The Morgan fingerprint density at radius 2 is 2.09 bits per heavy atom. The third-order valence-corrected chi connectivity index (χ3v) is 3.17. The molecule has 2 aromatic rings. The SMILES string of the molecule is CCOC(=O)c1cnc(NCCc2ccc(Cl)cc2)[nH]c1=O. The normalized spacial score (nSPS) is 10.3. The summed E-state index contributed by atoms with van der Waals surface area (Å²) in [5.41, 5.74) is 0.481. The Bertz CT molecular complexity index is 698. The van der Waals surface area contributed by atoms with E-state index in [1.54, 1.807) is 6.92 Å². The second kappa shape index (κ2) is 7.61. The van der Waals surface area contributed by atoms with E-state index in [-0.39, 0.29) is 12.2 Å². The molecule has 6 nitrogen and oxygen atoms in total. The monoisotopic (exact) mass is 321 g/mol. The number of hydrogen-bond acceptors (Lipinski definition) is 5. The molecular formula is C15H16ClN3O3. The highest BCUT2D eigenvalue weighted by atomic mass is 35.5. The number of nitrogens with one attached hydrogen (secondary N) is 2. The fraction of sp³-hybridized carbons (Fsp3) is 0.267. The van der Waals surface area contributed by atoms with E-state index in [1.165, 1.54) is 6.20 Å². The molecule has 0 atom stereocenters. The van der Waals surface area contributed by atoms with E-state index in [0.717, 1.165) is 12.0 Å². The van der Waals surface area contributed by atoms with Crippen molar-refractivity contribution < 1.29 is 9.53 Å². The van der Waals surface area contributed by atoms with Gasteiger partial charge in [0.05, 0.1) is 12.8 Å². The second-order valence-corrected chi connectivity index (χ2v) is 4.93. The minimum atomic E-state index is -0.677. The number of benzene rings is 1. The first-order valence-electron chi connectivity index (χ1n) is 6.85. The minimum absolute atomic E-state index is 0.106. The van der Waals surface area contributed by atoms with Crippen molar-refractivity contribution in [1.29, 1.82) is 0 Å². The van der Waals surface area contributed by atoms with Crippen LogP contribution in [0.25, 0.3) is 0 Å². The maximum absolute atomic E-state index is 11.8. The highest BCUT2D eigenvalue weighted by molar-refractivity contribution is 6.30. The van der Waals surface area contributed by atoms with Gasteiger partial charge in [0.15, 0.2) is 0 Å². The van der Waals surface area contributed by atoms with Gasteiger partial charge < -0.3 is 10.1 Å². The van der Waals surface area contributed by atoms with Crippen molar-refractivity contribution in [2.45, 2.75) is 13.3 Å². The van der Waals surface area contributed by atoms with E-state index in [1.807, 2.05) is 24.3 Å². The lowest BCUT2D eigenvalue weighted by Gasteiger charge is -2.06. The first-order chi connectivity index (χ1) is 10.6. The summed E-state index contributed by atoms with van der Waals surface area (Å²) in [7, 11) is 0. The van der Waals surface area contributed by atoms with Crippen molar-refractivity contribution in [3.63, 3.8) is 0 Å². The molecule has 0 amide bonds. The summed E-state index contributed by atoms with van der Waals surface area (Å²) in [6.45, 7) is 2.47. The third-order valence-electron chi connectivity index (χ3n) is 2.91. The van der Waals surface area contributed by atoms with Gasteiger partial charge in [-0.05, 0) is 31.0 Å². The number of H-pyrrole nitrogens is 1. The molecule has 0 saturated heterocycles. The van der Waals surface area contributed by atoms with Gasteiger partial charge in [0, 0.05) is 11.6 Å². The number of carbonyl (C=O) groups excluding carboxylic acids is 1. The highest BCUT2D eigenvalue weighted by Crippen LogP contribution is 2.10. The Labute approximate surface area is 132 Å². The van der Waals surface area contributed by atoms with Gasteiger partial charge in [-0.25, -0.2) is 9.78 Å². The maximum atomic E-state index is 11.8. The van der Waals surface area contributed by atoms with Gasteiger partial charge in [0.1, 0.15) is 5.56 Å². The van der Waals surface area contributed by atoms with Crippen molar-refractivity contribution in [3.8, 4) is 0 Å². The van der Waals surface area contributed by atoms with E-state index in [0.29, 0.717) is 17.5 Å². The smallest absolute Gasteiger partial charge is 0.345 e. The van der Waals surface area contributed by atoms with E-state index in [9.17, 15) is 9.59 Å². The molecule has 0 aliphatic carbocycles. The van der Waals surface area contributed by atoms with Crippen LogP contribution in [0.2, 0.25) is 5.02 Å². The molecule has 0 unspecified atom stereocenters. The molecule has 0 aliphatic heterocycles. The van der Waals surface area contributed by atoms with E-state index >= 15 is 0 Å². The molecule has 22 heavy (non-hydrogen) atoms. The largest absolute Gasteiger partial charge is 0.462 e. The van der Waals surface area contributed by atoms with Crippen LogP contribution in [0.3, 0.4) is 0 Å². The summed E-state index contributed by atoms with van der Waals surface area (Å²) < 4.78 is 4.77. The van der Waals surface area contributed by atoms with Crippen molar-refractivity contribution in [2.24, 2.45) is 0 Å². The van der Waals surface area contributed by atoms with Crippen LogP contribution in [0.1, 0.15) is 22.8 Å². The summed E-state index contributed by atoms with van der Waals surface area (Å²) in [5.74, 6) is -0.365. The van der Waals surface area contributed by atoms with Crippen molar-refractivity contribution in [2.75, 3.05) is 18.5 Å². The van der Waals surface area contributed by atoms with Crippen LogP contribution in [0.4, 0.5) is 5.95 Å². The molecule has 7 heteroatoms. The van der Waals surface area contributed by atoms with Crippen LogP contribution >= 0.6 is 11.6 Å². The number of anilines is 1. The molecule has 116 valence electrons. The van der Waals surface area contributed by atoms with Gasteiger partial charge in [-0.1, -0.05) is 23.7 Å². The minimum Gasteiger partial charge on any atom is -0.462 e. The van der Waals surface area contributed by atoms with Crippen LogP contribution in [-0.4, -0.2) is 29.1 Å². The van der Waals surface area contributed by atoms with Crippen molar-refractivity contribution in [1.82, 2.24) is 9.97 Å². The summed E-state index contributed by atoms with van der Waals surface area (Å²) in [4.78, 5) is 29.8. The Balaban J connectivity index is 1.93. The second-order valence-electron chi connectivity index (χ2n) is 4.50. The molecule has 0 fully saturated rings. The Hall–Kier alpha value is -2.34. The van der Waals surface area contributed by atoms with Crippen LogP contribution in [0.15, 0.2) is 35.3 Å². The number of aromatic amines is 1. The van der Waals surface area contributed by atoms with Gasteiger partial charge >= 0.3 is 5.97 Å². The molecule has 1 aromatic heterocycles. The number of ether oxygens (including phenoxy) is 1. The van der Waals surface area contributed by atoms with Gasteiger partial charge in [0.2, 0.25) is 5.95 Å². The van der Waals surface area contributed by atoms with Crippen LogP contribution in [0, 0.1) is 0 Å². The highest BCUT2D eigenvalue weighted by Gasteiger charge is 2.12. The molecule has 1 heterocycles. The molecule has 1 aromatic carbocycles. The molecule has 0 aliphatic rings. The zero-order chi connectivity index (χ0) is 15.9. The van der Waals surface area contributed by atoms with Crippen molar-refractivity contribution in [3.05, 3.63) is 57.0 Å². The van der Waals surface area contributed by atoms with Gasteiger partial charge in [-0.3, -0.25) is 9.78 Å². The lowest BCUT2D eigenvalue weighted by atomic mass is 10.1. The van der Waals surface area contributed by atoms with E-state index < -0.39 is 11.5 Å². The third kappa shape index (κ3) is 4.33. The summed E-state index contributed by atoms with van der Waals surface area (Å²) in [6.07, 6.45) is 1.96. The molecule has 0 spiro atoms. The predicted octanol–water partition coefficient (Wildman–Crippen LogP) is 2.25. The Morgan fingerprint density at radius 1 is 1.36 bits per heavy atom. The zero-order valence-corrected chi connectivity index (χ0v) is 12.8. The van der Waals surface area contributed by atoms with Gasteiger partial charge in [-0.2, -0.15) is 0 Å². The van der Waals surface area contributed by atoms with Gasteiger partial charge in [0.25, 0.3) is 5.56 Å². The number of rotatable bonds is 6. The first-order valence-corrected chi connectivity index (χ1v) is 7.22. The number of hydrogen-bond donors (Lipinski definition) is 2. The molecule has 2 rings (SSSR count). The van der Waals surface area contributed by atoms with E-state index in [4.69, 9.17) is 16.3 Å². The number of carbonyl (C=O) groups is 1. The fourth-order valence-corrected chi connectivity index (χ4v) is 1.94. The van der Waals surface area contributed by atoms with Crippen LogP contribution in [0.5, 0.6) is 0 Å². The average molecular weight is 322 g/mol. The maximum Gasteiger partial charge on any atom is 0.345 e. The number of nitrogens with zero attached hydrogens (tertiary/aromatic N) is 1. The standard InChI is InChI=1S/C15H16ClN3O3/c1-2-22-14(21)12-9-18-15(19-13(12)20)17-8-7-10-3-5-11(16)6-4-10/h3-6,9H,2,7-8H2,1H3,(H2,17,18,19,20). The average Bonchev–Trinajstić information content (AvgIpc) is 2.49. The quantitative estimate of drug-likeness (QED) is 0.797. The summed E-state index contributed by atoms with van der Waals surface area (Å²) >= 11 is 5.82. The van der Waals surface area contributed by atoms with E-state index in [2.05, 4.69) is 15.3 Å². The van der Waals surface area contributed by atoms with Crippen molar-refractivity contribution >= 4 is 23.5 Å². The molecule has 0 radical (unpaired) electrons. The Morgan fingerprint density at radius 3 is 2.73 bits per heavy atom. The predicted molar refractivity (Wildman–Crippen MR) is 84.5 cm³/mol. The number of esters is 1. The number of halogens is 1. The lowest BCUT2D eigenvalue weighted by Crippen LogP contribution is -2.22. The molecule has 0 saturated carbocycles. The fourth-order valence-electron chi connectivity index (χ4n) is 1.82. The lowest BCUT2D eigenvalue weighted by molar-refractivity contribution is 0.0524. The number of aromatic nitrogens is 2. The Kier molecular flexibility index (Phi) is 5.55. The summed E-state index contributed by atoms with van der Waals surface area (Å²) in [5, 5.41) is 3.69. The zero-order valence-electron chi connectivity index (χ0n) is 12.1. The van der Waals surface area contributed by atoms with Gasteiger partial charge in [-0.15, -0.1) is 0 Å². The molecule has 2 N–H and O–H groups in total. The van der Waals surface area contributed by atoms with Crippen LogP contribution in [-0.2, 0) is 11.2 Å². The topological polar surface area (TPSA) is 84.1 Å². The van der Waals surface area contributed by atoms with Crippen LogP contribution < -0.4 is 10.9 Å².